The zero-order chi connectivity index (χ0) is 13.9. The molecule has 0 bridgehead atoms. The summed E-state index contributed by atoms with van der Waals surface area (Å²) in [6.45, 7) is 0. The molecule has 19 heavy (non-hydrogen) atoms. The Balaban J connectivity index is 2.32. The summed E-state index contributed by atoms with van der Waals surface area (Å²) in [7, 11) is -0.618. The van der Waals surface area contributed by atoms with Crippen molar-refractivity contribution in [2.75, 3.05) is 14.2 Å². The van der Waals surface area contributed by atoms with E-state index in [4.69, 9.17) is 4.74 Å². The van der Waals surface area contributed by atoms with Gasteiger partial charge < -0.3 is 4.74 Å². The van der Waals surface area contributed by atoms with Gasteiger partial charge in [0.15, 0.2) is 0 Å². The van der Waals surface area contributed by atoms with E-state index in [0.717, 1.165) is 16.9 Å². The first-order chi connectivity index (χ1) is 9.06. The number of nitrogens with zero attached hydrogens (tertiary/aromatic N) is 1. The molecule has 0 spiro atoms. The van der Waals surface area contributed by atoms with Crippen LogP contribution in [0.3, 0.4) is 0 Å². The van der Waals surface area contributed by atoms with Gasteiger partial charge in [0.2, 0.25) is 0 Å². The van der Waals surface area contributed by atoms with E-state index >= 15 is 0 Å². The van der Waals surface area contributed by atoms with Crippen LogP contribution in [0.4, 0.5) is 0 Å². The highest BCUT2D eigenvalue weighted by atomic mass is 32.2. The summed E-state index contributed by atoms with van der Waals surface area (Å²) in [6.07, 6.45) is 0. The average molecular weight is 276 g/mol. The fraction of sp³-hybridized carbons (Fsp3) is 0.143. The summed E-state index contributed by atoms with van der Waals surface area (Å²) in [4.78, 5) is 0.201. The number of ether oxygens (including phenoxy) is 1. The molecule has 0 N–H and O–H groups in total. The van der Waals surface area contributed by atoms with Crippen molar-refractivity contribution in [3.8, 4) is 16.9 Å². The number of sulfonamides is 1. The summed E-state index contributed by atoms with van der Waals surface area (Å²) >= 11 is 0. The van der Waals surface area contributed by atoms with Crippen LogP contribution in [-0.4, -0.2) is 22.6 Å². The highest BCUT2D eigenvalue weighted by Crippen LogP contribution is 2.23. The van der Waals surface area contributed by atoms with Gasteiger partial charge in [0, 0.05) is 7.05 Å². The number of benzene rings is 2. The Labute approximate surface area is 113 Å². The number of rotatable bonds is 4. The first kappa shape index (κ1) is 13.6. The van der Waals surface area contributed by atoms with E-state index in [-0.39, 0.29) is 4.90 Å². The van der Waals surface area contributed by atoms with E-state index in [2.05, 4.69) is 4.72 Å². The van der Waals surface area contributed by atoms with E-state index < -0.39 is 10.0 Å². The summed E-state index contributed by atoms with van der Waals surface area (Å²) in [6, 6.07) is 14.2. The zero-order valence-electron chi connectivity index (χ0n) is 10.7. The van der Waals surface area contributed by atoms with Crippen LogP contribution in [0, 0.1) is 0 Å². The lowest BCUT2D eigenvalue weighted by Gasteiger charge is -2.05. The van der Waals surface area contributed by atoms with Gasteiger partial charge in [-0.3, -0.25) is 0 Å². The predicted molar refractivity (Wildman–Crippen MR) is 73.7 cm³/mol. The van der Waals surface area contributed by atoms with Gasteiger partial charge in [-0.05, 0) is 35.4 Å². The quantitative estimate of drug-likeness (QED) is 0.861. The molecular formula is C14H14NO3S. The van der Waals surface area contributed by atoms with Crippen molar-refractivity contribution >= 4 is 10.0 Å². The van der Waals surface area contributed by atoms with Crippen molar-refractivity contribution in [3.63, 3.8) is 0 Å². The Morgan fingerprint density at radius 1 is 0.895 bits per heavy atom. The first-order valence-corrected chi connectivity index (χ1v) is 7.11. The fourth-order valence-corrected chi connectivity index (χ4v) is 2.40. The molecule has 0 aromatic heterocycles. The first-order valence-electron chi connectivity index (χ1n) is 5.67. The topological polar surface area (TPSA) is 57.5 Å². The molecule has 0 fully saturated rings. The zero-order valence-corrected chi connectivity index (χ0v) is 11.5. The summed E-state index contributed by atoms with van der Waals surface area (Å²) in [5, 5.41) is 0. The van der Waals surface area contributed by atoms with Crippen LogP contribution < -0.4 is 9.46 Å². The maximum Gasteiger partial charge on any atom is 0.256 e. The molecule has 0 aliphatic carbocycles. The maximum atomic E-state index is 11.5. The second kappa shape index (κ2) is 5.42. The Bertz CT molecular complexity index is 646. The monoisotopic (exact) mass is 276 g/mol. The molecule has 2 aromatic rings. The van der Waals surface area contributed by atoms with E-state index in [1.807, 2.05) is 24.3 Å². The van der Waals surface area contributed by atoms with Gasteiger partial charge in [0.25, 0.3) is 10.0 Å². The second-order valence-electron chi connectivity index (χ2n) is 3.91. The lowest BCUT2D eigenvalue weighted by Crippen LogP contribution is -2.11. The van der Waals surface area contributed by atoms with Gasteiger partial charge in [0.05, 0.1) is 12.0 Å². The fourth-order valence-electron chi connectivity index (χ4n) is 1.71. The normalized spacial score (nSPS) is 11.3. The molecule has 0 saturated heterocycles. The number of hydrogen-bond donors (Lipinski definition) is 0. The van der Waals surface area contributed by atoms with Crippen LogP contribution in [0.25, 0.3) is 11.1 Å². The average Bonchev–Trinajstić information content (AvgIpc) is 2.47. The molecule has 5 heteroatoms. The molecule has 2 aromatic carbocycles. The lowest BCUT2D eigenvalue weighted by atomic mass is 10.1. The summed E-state index contributed by atoms with van der Waals surface area (Å²) in [5.74, 6) is 0.785. The van der Waals surface area contributed by atoms with Crippen molar-refractivity contribution in [1.29, 1.82) is 0 Å². The van der Waals surface area contributed by atoms with Gasteiger partial charge in [-0.25, -0.2) is 8.42 Å². The molecule has 0 atom stereocenters. The van der Waals surface area contributed by atoms with Crippen molar-refractivity contribution in [2.24, 2.45) is 0 Å². The molecule has 0 heterocycles. The Hall–Kier alpha value is -1.85. The Kier molecular flexibility index (Phi) is 3.87. The molecule has 0 aliphatic heterocycles. The van der Waals surface area contributed by atoms with Crippen LogP contribution >= 0.6 is 0 Å². The molecule has 99 valence electrons. The van der Waals surface area contributed by atoms with Crippen LogP contribution in [0.15, 0.2) is 53.4 Å². The van der Waals surface area contributed by atoms with Crippen LogP contribution in [0.5, 0.6) is 5.75 Å². The third-order valence-corrected chi connectivity index (χ3v) is 4.16. The van der Waals surface area contributed by atoms with Crippen molar-refractivity contribution in [2.45, 2.75) is 4.90 Å². The van der Waals surface area contributed by atoms with Crippen molar-refractivity contribution < 1.29 is 13.2 Å². The van der Waals surface area contributed by atoms with E-state index in [1.165, 1.54) is 7.05 Å². The predicted octanol–water partition coefficient (Wildman–Crippen LogP) is 2.29. The third kappa shape index (κ3) is 2.94. The Morgan fingerprint density at radius 3 is 1.79 bits per heavy atom. The Morgan fingerprint density at radius 2 is 1.37 bits per heavy atom. The lowest BCUT2D eigenvalue weighted by molar-refractivity contribution is 0.415. The summed E-state index contributed by atoms with van der Waals surface area (Å²) < 4.78 is 31.6. The van der Waals surface area contributed by atoms with Crippen molar-refractivity contribution in [3.05, 3.63) is 48.5 Å². The minimum absolute atomic E-state index is 0.201. The molecular weight excluding hydrogens is 262 g/mol. The highest BCUT2D eigenvalue weighted by Gasteiger charge is 2.12. The van der Waals surface area contributed by atoms with Gasteiger partial charge in [-0.15, -0.1) is 4.72 Å². The molecule has 0 aliphatic rings. The molecule has 0 amide bonds. The van der Waals surface area contributed by atoms with E-state index in [0.29, 0.717) is 0 Å². The minimum atomic E-state index is -3.50. The van der Waals surface area contributed by atoms with Gasteiger partial charge in [-0.1, -0.05) is 24.3 Å². The van der Waals surface area contributed by atoms with Crippen molar-refractivity contribution in [1.82, 2.24) is 4.72 Å². The number of methoxy groups -OCH3 is 1. The molecule has 4 nitrogen and oxygen atoms in total. The van der Waals surface area contributed by atoms with Crippen LogP contribution in [0.1, 0.15) is 0 Å². The van der Waals surface area contributed by atoms with E-state index in [9.17, 15) is 8.42 Å². The molecule has 2 rings (SSSR count). The van der Waals surface area contributed by atoms with Gasteiger partial charge in [0.1, 0.15) is 5.75 Å². The molecule has 0 saturated carbocycles. The van der Waals surface area contributed by atoms with E-state index in [1.54, 1.807) is 31.4 Å². The third-order valence-electron chi connectivity index (χ3n) is 2.82. The maximum absolute atomic E-state index is 11.5. The standard InChI is InChI=1S/C14H14NO3S/c1-15-19(16,17)14-9-5-12(6-10-14)11-3-7-13(18-2)8-4-11/h3-10H,1-2H3. The largest absolute Gasteiger partial charge is 0.497 e. The number of hydrogen-bond acceptors (Lipinski definition) is 3. The van der Waals surface area contributed by atoms with Gasteiger partial charge >= 0.3 is 0 Å². The van der Waals surface area contributed by atoms with Crippen LogP contribution in [-0.2, 0) is 10.0 Å². The minimum Gasteiger partial charge on any atom is -0.497 e. The summed E-state index contributed by atoms with van der Waals surface area (Å²) in [5.41, 5.74) is 1.94. The van der Waals surface area contributed by atoms with Gasteiger partial charge in [-0.2, -0.15) is 0 Å². The smallest absolute Gasteiger partial charge is 0.256 e. The van der Waals surface area contributed by atoms with Crippen LogP contribution in [0.2, 0.25) is 0 Å². The highest BCUT2D eigenvalue weighted by molar-refractivity contribution is 7.89. The second-order valence-corrected chi connectivity index (χ2v) is 5.70. The molecule has 0 unspecified atom stereocenters. The SMILES string of the molecule is C[N]S(=O)(=O)c1ccc(-c2ccc(OC)cc2)cc1. The molecule has 1 radical (unpaired) electrons.